The molecule has 2 heterocycles. The fourth-order valence-electron chi connectivity index (χ4n) is 1.75. The number of anilines is 2. The topological polar surface area (TPSA) is 86.6 Å². The van der Waals surface area contributed by atoms with Crippen molar-refractivity contribution < 1.29 is 9.47 Å². The van der Waals surface area contributed by atoms with Crippen LogP contribution in [-0.4, -0.2) is 49.3 Å². The summed E-state index contributed by atoms with van der Waals surface area (Å²) in [5, 5.41) is 0. The van der Waals surface area contributed by atoms with Crippen molar-refractivity contribution in [3.05, 3.63) is 12.1 Å². The summed E-state index contributed by atoms with van der Waals surface area (Å²) in [5.41, 5.74) is 11.2. The molecule has 0 aromatic carbocycles. The Hall–Kier alpha value is -1.53. The van der Waals surface area contributed by atoms with Gasteiger partial charge in [-0.15, -0.1) is 0 Å². The predicted octanol–water partition coefficient (Wildman–Crippen LogP) is -0.0430. The van der Waals surface area contributed by atoms with E-state index in [1.807, 2.05) is 0 Å². The second-order valence-electron chi connectivity index (χ2n) is 3.96. The third kappa shape index (κ3) is 3.76. The normalized spacial score (nSPS) is 16.9. The molecule has 0 bridgehead atoms. The van der Waals surface area contributed by atoms with Gasteiger partial charge in [0.25, 0.3) is 0 Å². The van der Waals surface area contributed by atoms with Crippen LogP contribution in [0.3, 0.4) is 0 Å². The molecule has 0 unspecified atom stereocenters. The first-order valence-corrected chi connectivity index (χ1v) is 5.70. The highest BCUT2D eigenvalue weighted by molar-refractivity contribution is 5.46. The summed E-state index contributed by atoms with van der Waals surface area (Å²) in [6.07, 6.45) is 0. The van der Waals surface area contributed by atoms with E-state index in [0.29, 0.717) is 24.0 Å². The molecule has 4 N–H and O–H groups in total. The van der Waals surface area contributed by atoms with Crippen LogP contribution in [0.25, 0.3) is 0 Å². The first-order chi connectivity index (χ1) is 8.24. The van der Waals surface area contributed by atoms with E-state index in [0.717, 1.165) is 32.8 Å². The van der Waals surface area contributed by atoms with Gasteiger partial charge in [-0.25, -0.2) is 4.98 Å². The molecule has 0 radical (unpaired) electrons. The summed E-state index contributed by atoms with van der Waals surface area (Å²) in [4.78, 5) is 6.18. The molecular formula is C11H18N4O2. The van der Waals surface area contributed by atoms with Crippen LogP contribution in [0.4, 0.5) is 11.6 Å². The van der Waals surface area contributed by atoms with Crippen molar-refractivity contribution in [1.82, 2.24) is 9.88 Å². The highest BCUT2D eigenvalue weighted by Crippen LogP contribution is 2.16. The standard InChI is InChI=1S/C11H18N4O2/c12-10-7-9(8-11(13)14-10)17-6-3-15-1-4-16-5-2-15/h7-8H,1-6H2,(H4,12,13,14). The van der Waals surface area contributed by atoms with Crippen LogP contribution in [0, 0.1) is 0 Å². The lowest BCUT2D eigenvalue weighted by Crippen LogP contribution is -2.38. The summed E-state index contributed by atoms with van der Waals surface area (Å²) in [6, 6.07) is 3.35. The minimum Gasteiger partial charge on any atom is -0.492 e. The molecule has 1 aliphatic heterocycles. The molecule has 0 aliphatic carbocycles. The number of hydrogen-bond acceptors (Lipinski definition) is 6. The maximum Gasteiger partial charge on any atom is 0.129 e. The van der Waals surface area contributed by atoms with E-state index in [4.69, 9.17) is 20.9 Å². The van der Waals surface area contributed by atoms with Gasteiger partial charge in [0.05, 0.1) is 13.2 Å². The lowest BCUT2D eigenvalue weighted by atomic mass is 10.4. The van der Waals surface area contributed by atoms with Gasteiger partial charge >= 0.3 is 0 Å². The number of aromatic nitrogens is 1. The summed E-state index contributed by atoms with van der Waals surface area (Å²) < 4.78 is 10.9. The zero-order valence-electron chi connectivity index (χ0n) is 9.76. The highest BCUT2D eigenvalue weighted by Gasteiger charge is 2.09. The Morgan fingerprint density at radius 1 is 1.24 bits per heavy atom. The first kappa shape index (κ1) is 11.9. The van der Waals surface area contributed by atoms with Crippen LogP contribution in [0.1, 0.15) is 0 Å². The van der Waals surface area contributed by atoms with E-state index >= 15 is 0 Å². The number of nitrogens with zero attached hydrogens (tertiary/aromatic N) is 2. The van der Waals surface area contributed by atoms with Gasteiger partial charge in [-0.05, 0) is 0 Å². The van der Waals surface area contributed by atoms with Gasteiger partial charge < -0.3 is 20.9 Å². The molecule has 6 heteroatoms. The third-order valence-electron chi connectivity index (χ3n) is 2.62. The molecule has 1 aliphatic rings. The lowest BCUT2D eigenvalue weighted by molar-refractivity contribution is 0.0322. The molecule has 6 nitrogen and oxygen atoms in total. The highest BCUT2D eigenvalue weighted by atomic mass is 16.5. The quantitative estimate of drug-likeness (QED) is 0.765. The molecule has 0 saturated carbocycles. The molecule has 1 fully saturated rings. The maximum absolute atomic E-state index is 5.59. The van der Waals surface area contributed by atoms with Gasteiger partial charge in [-0.3, -0.25) is 4.90 Å². The van der Waals surface area contributed by atoms with Crippen molar-refractivity contribution in [1.29, 1.82) is 0 Å². The van der Waals surface area contributed by atoms with Crippen LogP contribution in [0.15, 0.2) is 12.1 Å². The van der Waals surface area contributed by atoms with Gasteiger partial charge in [-0.2, -0.15) is 0 Å². The average Bonchev–Trinajstić information content (AvgIpc) is 2.29. The Labute approximate surface area is 101 Å². The van der Waals surface area contributed by atoms with E-state index in [-0.39, 0.29) is 0 Å². The number of nitrogen functional groups attached to an aromatic ring is 2. The molecule has 94 valence electrons. The van der Waals surface area contributed by atoms with E-state index < -0.39 is 0 Å². The van der Waals surface area contributed by atoms with Crippen LogP contribution >= 0.6 is 0 Å². The van der Waals surface area contributed by atoms with Gasteiger partial charge in [0.2, 0.25) is 0 Å². The number of pyridine rings is 1. The Kier molecular flexibility index (Phi) is 4.00. The van der Waals surface area contributed by atoms with Crippen LogP contribution in [0.5, 0.6) is 5.75 Å². The monoisotopic (exact) mass is 238 g/mol. The van der Waals surface area contributed by atoms with Gasteiger partial charge in [0, 0.05) is 31.8 Å². The minimum absolute atomic E-state index is 0.381. The van der Waals surface area contributed by atoms with Crippen molar-refractivity contribution in [3.63, 3.8) is 0 Å². The van der Waals surface area contributed by atoms with Crippen molar-refractivity contribution in [2.45, 2.75) is 0 Å². The van der Waals surface area contributed by atoms with Crippen molar-refractivity contribution in [2.75, 3.05) is 50.9 Å². The van der Waals surface area contributed by atoms with Gasteiger partial charge in [0.1, 0.15) is 24.0 Å². The molecule has 2 rings (SSSR count). The molecule has 0 atom stereocenters. The Morgan fingerprint density at radius 2 is 1.88 bits per heavy atom. The van der Waals surface area contributed by atoms with E-state index in [9.17, 15) is 0 Å². The molecule has 1 aromatic rings. The van der Waals surface area contributed by atoms with Crippen molar-refractivity contribution in [3.8, 4) is 5.75 Å². The predicted molar refractivity (Wildman–Crippen MR) is 65.8 cm³/mol. The van der Waals surface area contributed by atoms with Gasteiger partial charge in [-0.1, -0.05) is 0 Å². The number of morpholine rings is 1. The van der Waals surface area contributed by atoms with Crippen LogP contribution in [0.2, 0.25) is 0 Å². The zero-order chi connectivity index (χ0) is 12.1. The van der Waals surface area contributed by atoms with E-state index in [1.165, 1.54) is 0 Å². The SMILES string of the molecule is Nc1cc(OCCN2CCOCC2)cc(N)n1. The molecule has 17 heavy (non-hydrogen) atoms. The minimum atomic E-state index is 0.381. The van der Waals surface area contributed by atoms with Crippen molar-refractivity contribution in [2.24, 2.45) is 0 Å². The summed E-state index contributed by atoms with van der Waals surface area (Å²) >= 11 is 0. The number of ether oxygens (including phenoxy) is 2. The molecular weight excluding hydrogens is 220 g/mol. The lowest BCUT2D eigenvalue weighted by Gasteiger charge is -2.26. The summed E-state index contributed by atoms with van der Waals surface area (Å²) in [6.45, 7) is 5.02. The zero-order valence-corrected chi connectivity index (χ0v) is 9.76. The van der Waals surface area contributed by atoms with E-state index in [2.05, 4.69) is 9.88 Å². The molecule has 0 amide bonds. The maximum atomic E-state index is 5.59. The van der Waals surface area contributed by atoms with Crippen LogP contribution in [-0.2, 0) is 4.74 Å². The fourth-order valence-corrected chi connectivity index (χ4v) is 1.75. The summed E-state index contributed by atoms with van der Waals surface area (Å²) in [5.74, 6) is 1.43. The Morgan fingerprint density at radius 3 is 2.53 bits per heavy atom. The van der Waals surface area contributed by atoms with Crippen molar-refractivity contribution >= 4 is 11.6 Å². The number of rotatable bonds is 4. The van der Waals surface area contributed by atoms with E-state index in [1.54, 1.807) is 12.1 Å². The number of nitrogens with two attached hydrogens (primary N) is 2. The largest absolute Gasteiger partial charge is 0.492 e. The summed E-state index contributed by atoms with van der Waals surface area (Å²) in [7, 11) is 0. The second-order valence-corrected chi connectivity index (χ2v) is 3.96. The Balaban J connectivity index is 1.77. The molecule has 1 saturated heterocycles. The van der Waals surface area contributed by atoms with Gasteiger partial charge in [0.15, 0.2) is 0 Å². The second kappa shape index (κ2) is 5.70. The molecule has 1 aromatic heterocycles. The van der Waals surface area contributed by atoms with Crippen LogP contribution < -0.4 is 16.2 Å². The Bertz CT molecular complexity index is 346. The first-order valence-electron chi connectivity index (χ1n) is 5.70. The fraction of sp³-hybridized carbons (Fsp3) is 0.545. The average molecular weight is 238 g/mol. The molecule has 0 spiro atoms. The third-order valence-corrected chi connectivity index (χ3v) is 2.62. The number of hydrogen-bond donors (Lipinski definition) is 2. The smallest absolute Gasteiger partial charge is 0.129 e.